The summed E-state index contributed by atoms with van der Waals surface area (Å²) in [5, 5.41) is 6.45. The van der Waals surface area contributed by atoms with Gasteiger partial charge in [0.2, 0.25) is 5.91 Å². The molecule has 4 atom stereocenters. The van der Waals surface area contributed by atoms with Gasteiger partial charge in [-0.15, -0.1) is 0 Å². The third-order valence-electron chi connectivity index (χ3n) is 3.71. The van der Waals surface area contributed by atoms with E-state index in [1.165, 1.54) is 0 Å². The third kappa shape index (κ3) is 4.94. The second-order valence-corrected chi connectivity index (χ2v) is 5.45. The van der Waals surface area contributed by atoms with Crippen LogP contribution in [0.15, 0.2) is 0 Å². The number of rotatable bonds is 7. The van der Waals surface area contributed by atoms with Crippen LogP contribution in [0.25, 0.3) is 0 Å². The first-order valence-electron chi connectivity index (χ1n) is 7.16. The van der Waals surface area contributed by atoms with Crippen molar-refractivity contribution in [2.75, 3.05) is 7.11 Å². The van der Waals surface area contributed by atoms with Crippen molar-refractivity contribution >= 4 is 5.91 Å². The van der Waals surface area contributed by atoms with Gasteiger partial charge in [0.05, 0.1) is 12.1 Å². The van der Waals surface area contributed by atoms with Gasteiger partial charge < -0.3 is 15.4 Å². The largest absolute Gasteiger partial charge is 0.381 e. The molecule has 18 heavy (non-hydrogen) atoms. The molecule has 0 heterocycles. The number of methoxy groups -OCH3 is 1. The molecular formula is C14H28N2O2. The van der Waals surface area contributed by atoms with Gasteiger partial charge in [0.15, 0.2) is 0 Å². The van der Waals surface area contributed by atoms with Gasteiger partial charge in [-0.25, -0.2) is 0 Å². The summed E-state index contributed by atoms with van der Waals surface area (Å²) in [4.78, 5) is 12.0. The SMILES string of the molecule is CCCC(C)NC(=O)C(C)NC1CCC(OC)C1. The Hall–Kier alpha value is -0.610. The smallest absolute Gasteiger partial charge is 0.237 e. The molecule has 0 aliphatic heterocycles. The van der Waals surface area contributed by atoms with E-state index in [0.717, 1.165) is 32.1 Å². The van der Waals surface area contributed by atoms with E-state index < -0.39 is 0 Å². The molecule has 106 valence electrons. The highest BCUT2D eigenvalue weighted by molar-refractivity contribution is 5.81. The maximum Gasteiger partial charge on any atom is 0.237 e. The van der Waals surface area contributed by atoms with Gasteiger partial charge in [-0.05, 0) is 39.5 Å². The molecule has 0 aromatic rings. The minimum atomic E-state index is -0.120. The Morgan fingerprint density at radius 1 is 1.39 bits per heavy atom. The van der Waals surface area contributed by atoms with Crippen molar-refractivity contribution in [1.82, 2.24) is 10.6 Å². The average Bonchev–Trinajstić information content (AvgIpc) is 2.76. The number of carbonyl (C=O) groups excluding carboxylic acids is 1. The lowest BCUT2D eigenvalue weighted by Gasteiger charge is -2.21. The zero-order valence-electron chi connectivity index (χ0n) is 12.2. The summed E-state index contributed by atoms with van der Waals surface area (Å²) >= 11 is 0. The van der Waals surface area contributed by atoms with Crippen LogP contribution in [-0.2, 0) is 9.53 Å². The number of ether oxygens (including phenoxy) is 1. The fourth-order valence-corrected chi connectivity index (χ4v) is 2.61. The number of nitrogens with one attached hydrogen (secondary N) is 2. The molecule has 2 N–H and O–H groups in total. The molecule has 0 aromatic carbocycles. The molecule has 4 heteroatoms. The maximum absolute atomic E-state index is 12.0. The molecule has 4 nitrogen and oxygen atoms in total. The van der Waals surface area contributed by atoms with E-state index in [0.29, 0.717) is 12.1 Å². The van der Waals surface area contributed by atoms with Gasteiger partial charge in [0, 0.05) is 19.2 Å². The molecule has 0 bridgehead atoms. The van der Waals surface area contributed by atoms with Crippen molar-refractivity contribution in [2.45, 2.75) is 77.1 Å². The van der Waals surface area contributed by atoms with Crippen LogP contribution in [0.1, 0.15) is 52.9 Å². The van der Waals surface area contributed by atoms with Crippen LogP contribution >= 0.6 is 0 Å². The van der Waals surface area contributed by atoms with E-state index in [1.807, 2.05) is 6.92 Å². The van der Waals surface area contributed by atoms with Crippen LogP contribution in [-0.4, -0.2) is 37.2 Å². The fourth-order valence-electron chi connectivity index (χ4n) is 2.61. The molecule has 1 aliphatic carbocycles. The molecule has 1 rings (SSSR count). The van der Waals surface area contributed by atoms with Gasteiger partial charge in [0.25, 0.3) is 0 Å². The standard InChI is InChI=1S/C14H28N2O2/c1-5-6-10(2)15-14(17)11(3)16-12-7-8-13(9-12)18-4/h10-13,16H,5-9H2,1-4H3,(H,15,17). The Morgan fingerprint density at radius 2 is 2.11 bits per heavy atom. The predicted octanol–water partition coefficient (Wildman–Crippen LogP) is 1.84. The summed E-state index contributed by atoms with van der Waals surface area (Å²) in [6.07, 6.45) is 5.69. The number of hydrogen-bond donors (Lipinski definition) is 2. The average molecular weight is 256 g/mol. The Labute approximate surface area is 111 Å². The zero-order chi connectivity index (χ0) is 13.5. The van der Waals surface area contributed by atoms with Crippen LogP contribution in [0.2, 0.25) is 0 Å². The van der Waals surface area contributed by atoms with Gasteiger partial charge in [-0.2, -0.15) is 0 Å². The van der Waals surface area contributed by atoms with Crippen LogP contribution in [0, 0.1) is 0 Å². The summed E-state index contributed by atoms with van der Waals surface area (Å²) in [5.41, 5.74) is 0. The Bertz CT molecular complexity index is 258. The van der Waals surface area contributed by atoms with Crippen molar-refractivity contribution in [3.05, 3.63) is 0 Å². The summed E-state index contributed by atoms with van der Waals surface area (Å²) in [6, 6.07) is 0.559. The second-order valence-electron chi connectivity index (χ2n) is 5.45. The Kier molecular flexibility index (Phi) is 6.65. The molecule has 4 unspecified atom stereocenters. The van der Waals surface area contributed by atoms with Crippen molar-refractivity contribution < 1.29 is 9.53 Å². The van der Waals surface area contributed by atoms with E-state index in [-0.39, 0.29) is 18.0 Å². The number of carbonyl (C=O) groups is 1. The quantitative estimate of drug-likeness (QED) is 0.731. The lowest BCUT2D eigenvalue weighted by Crippen LogP contribution is -2.48. The van der Waals surface area contributed by atoms with E-state index in [4.69, 9.17) is 4.74 Å². The van der Waals surface area contributed by atoms with Crippen molar-refractivity contribution in [3.8, 4) is 0 Å². The summed E-state index contributed by atoms with van der Waals surface area (Å²) < 4.78 is 5.34. The minimum Gasteiger partial charge on any atom is -0.381 e. The molecule has 1 amide bonds. The van der Waals surface area contributed by atoms with E-state index in [1.54, 1.807) is 7.11 Å². The molecular weight excluding hydrogens is 228 g/mol. The Balaban J connectivity index is 2.27. The topological polar surface area (TPSA) is 50.4 Å². The lowest BCUT2D eigenvalue weighted by atomic mass is 10.1. The van der Waals surface area contributed by atoms with Crippen LogP contribution in [0.4, 0.5) is 0 Å². The summed E-state index contributed by atoms with van der Waals surface area (Å²) in [6.45, 7) is 6.13. The van der Waals surface area contributed by atoms with Crippen molar-refractivity contribution in [3.63, 3.8) is 0 Å². The molecule has 1 aliphatic rings. The van der Waals surface area contributed by atoms with Gasteiger partial charge >= 0.3 is 0 Å². The van der Waals surface area contributed by atoms with Gasteiger partial charge in [-0.1, -0.05) is 13.3 Å². The minimum absolute atomic E-state index is 0.108. The van der Waals surface area contributed by atoms with Gasteiger partial charge in [0.1, 0.15) is 0 Å². The first kappa shape index (κ1) is 15.4. The van der Waals surface area contributed by atoms with Gasteiger partial charge in [-0.3, -0.25) is 4.79 Å². The van der Waals surface area contributed by atoms with Crippen molar-refractivity contribution in [1.29, 1.82) is 0 Å². The number of hydrogen-bond acceptors (Lipinski definition) is 3. The van der Waals surface area contributed by atoms with Crippen LogP contribution < -0.4 is 10.6 Å². The lowest BCUT2D eigenvalue weighted by molar-refractivity contribution is -0.123. The van der Waals surface area contributed by atoms with Crippen LogP contribution in [0.5, 0.6) is 0 Å². The highest BCUT2D eigenvalue weighted by Crippen LogP contribution is 2.21. The van der Waals surface area contributed by atoms with Crippen LogP contribution in [0.3, 0.4) is 0 Å². The maximum atomic E-state index is 12.0. The first-order valence-corrected chi connectivity index (χ1v) is 7.16. The summed E-state index contributed by atoms with van der Waals surface area (Å²) in [7, 11) is 1.76. The normalized spacial score (nSPS) is 26.9. The third-order valence-corrected chi connectivity index (χ3v) is 3.71. The molecule has 1 saturated carbocycles. The molecule has 1 fully saturated rings. The highest BCUT2D eigenvalue weighted by atomic mass is 16.5. The molecule has 0 spiro atoms. The predicted molar refractivity (Wildman–Crippen MR) is 73.5 cm³/mol. The molecule has 0 aromatic heterocycles. The summed E-state index contributed by atoms with van der Waals surface area (Å²) in [5.74, 6) is 0.108. The van der Waals surface area contributed by atoms with E-state index in [2.05, 4.69) is 24.5 Å². The fraction of sp³-hybridized carbons (Fsp3) is 0.929. The highest BCUT2D eigenvalue weighted by Gasteiger charge is 2.27. The van der Waals surface area contributed by atoms with E-state index >= 15 is 0 Å². The Morgan fingerprint density at radius 3 is 2.67 bits per heavy atom. The molecule has 0 radical (unpaired) electrons. The second kappa shape index (κ2) is 7.74. The molecule has 0 saturated heterocycles. The van der Waals surface area contributed by atoms with Crippen molar-refractivity contribution in [2.24, 2.45) is 0 Å². The first-order chi connectivity index (χ1) is 8.56. The number of amides is 1. The monoisotopic (exact) mass is 256 g/mol. The zero-order valence-corrected chi connectivity index (χ0v) is 12.2. The van der Waals surface area contributed by atoms with E-state index in [9.17, 15) is 4.79 Å².